The standard InChI is InChI=1S/C10H15NO3/c1-6(13)11-4-7-8(5-12)10-3-2-9(7)14-10/h2-3,7-10,12H,4-5H2,1H3,(H,11,13)/t7-,8+,9+,10-/m0/s1. The lowest BCUT2D eigenvalue weighted by molar-refractivity contribution is -0.119. The number of rotatable bonds is 3. The number of nitrogens with one attached hydrogen (secondary N) is 1. The highest BCUT2D eigenvalue weighted by Gasteiger charge is 2.45. The molecular formula is C10H15NO3. The maximum absolute atomic E-state index is 10.8. The van der Waals surface area contributed by atoms with Crippen LogP contribution in [-0.4, -0.2) is 36.4 Å². The fourth-order valence-electron chi connectivity index (χ4n) is 2.23. The Morgan fingerprint density at radius 1 is 1.43 bits per heavy atom. The Morgan fingerprint density at radius 2 is 2.07 bits per heavy atom. The van der Waals surface area contributed by atoms with Crippen molar-refractivity contribution in [3.63, 3.8) is 0 Å². The molecule has 0 unspecified atom stereocenters. The minimum Gasteiger partial charge on any atom is -0.396 e. The fraction of sp³-hybridized carbons (Fsp3) is 0.700. The summed E-state index contributed by atoms with van der Waals surface area (Å²) in [6.45, 7) is 2.21. The van der Waals surface area contributed by atoms with Gasteiger partial charge >= 0.3 is 0 Å². The Bertz CT molecular complexity index is 264. The van der Waals surface area contributed by atoms with Crippen LogP contribution in [0, 0.1) is 11.8 Å². The molecular weight excluding hydrogens is 182 g/mol. The summed E-state index contributed by atoms with van der Waals surface area (Å²) >= 11 is 0. The summed E-state index contributed by atoms with van der Waals surface area (Å²) in [4.78, 5) is 10.8. The Balaban J connectivity index is 1.97. The molecule has 0 aromatic rings. The highest BCUT2D eigenvalue weighted by atomic mass is 16.5. The quantitative estimate of drug-likeness (QED) is 0.610. The van der Waals surface area contributed by atoms with Crippen molar-refractivity contribution in [3.8, 4) is 0 Å². The third-order valence-electron chi connectivity index (χ3n) is 3.00. The van der Waals surface area contributed by atoms with Gasteiger partial charge in [0.15, 0.2) is 0 Å². The molecule has 0 radical (unpaired) electrons. The molecule has 0 aromatic carbocycles. The SMILES string of the molecule is CC(=O)NC[C@H]1[C@@H](CO)[C@@H]2C=C[C@H]1O2. The zero-order valence-electron chi connectivity index (χ0n) is 8.14. The van der Waals surface area contributed by atoms with Crippen LogP contribution in [-0.2, 0) is 9.53 Å². The van der Waals surface area contributed by atoms with Gasteiger partial charge in [-0.25, -0.2) is 0 Å². The van der Waals surface area contributed by atoms with Gasteiger partial charge in [0.2, 0.25) is 5.91 Å². The van der Waals surface area contributed by atoms with Crippen molar-refractivity contribution in [1.82, 2.24) is 5.32 Å². The molecule has 0 aliphatic carbocycles. The molecule has 2 bridgehead atoms. The van der Waals surface area contributed by atoms with Gasteiger partial charge in [-0.2, -0.15) is 0 Å². The van der Waals surface area contributed by atoms with Gasteiger partial charge in [-0.3, -0.25) is 4.79 Å². The zero-order chi connectivity index (χ0) is 10.1. The molecule has 1 amide bonds. The third kappa shape index (κ3) is 1.55. The molecule has 4 heteroatoms. The second-order valence-corrected chi connectivity index (χ2v) is 3.90. The van der Waals surface area contributed by atoms with E-state index in [2.05, 4.69) is 5.32 Å². The molecule has 0 spiro atoms. The average molecular weight is 197 g/mol. The summed E-state index contributed by atoms with van der Waals surface area (Å²) in [5, 5.41) is 12.0. The molecule has 2 aliphatic rings. The van der Waals surface area contributed by atoms with E-state index in [1.54, 1.807) is 0 Å². The summed E-state index contributed by atoms with van der Waals surface area (Å²) in [5.41, 5.74) is 0. The van der Waals surface area contributed by atoms with E-state index in [4.69, 9.17) is 4.74 Å². The van der Waals surface area contributed by atoms with Crippen molar-refractivity contribution in [3.05, 3.63) is 12.2 Å². The van der Waals surface area contributed by atoms with E-state index in [1.165, 1.54) is 6.92 Å². The Kier molecular flexibility index (Phi) is 2.56. The maximum Gasteiger partial charge on any atom is 0.216 e. The summed E-state index contributed by atoms with van der Waals surface area (Å²) in [7, 11) is 0. The number of carbonyl (C=O) groups excluding carboxylic acids is 1. The average Bonchev–Trinajstić information content (AvgIpc) is 2.72. The normalized spacial score (nSPS) is 39.0. The van der Waals surface area contributed by atoms with Crippen molar-refractivity contribution in [1.29, 1.82) is 0 Å². The van der Waals surface area contributed by atoms with Gasteiger partial charge in [-0.05, 0) is 0 Å². The number of aliphatic hydroxyl groups excluding tert-OH is 1. The summed E-state index contributed by atoms with van der Waals surface area (Å²) in [5.74, 6) is 0.323. The van der Waals surface area contributed by atoms with Crippen LogP contribution >= 0.6 is 0 Å². The summed E-state index contributed by atoms with van der Waals surface area (Å²) in [6.07, 6.45) is 4.13. The predicted octanol–water partition coefficient (Wildman–Crippen LogP) is -0.316. The number of carbonyl (C=O) groups is 1. The lowest BCUT2D eigenvalue weighted by atomic mass is 9.83. The lowest BCUT2D eigenvalue weighted by Crippen LogP contribution is -2.37. The molecule has 0 aromatic heterocycles. The molecule has 78 valence electrons. The lowest BCUT2D eigenvalue weighted by Gasteiger charge is -2.23. The number of aliphatic hydroxyl groups is 1. The zero-order valence-corrected chi connectivity index (χ0v) is 8.14. The smallest absolute Gasteiger partial charge is 0.216 e. The number of fused-ring (bicyclic) bond motifs is 2. The monoisotopic (exact) mass is 197 g/mol. The van der Waals surface area contributed by atoms with Crippen LogP contribution in [0.25, 0.3) is 0 Å². The van der Waals surface area contributed by atoms with Crippen LogP contribution in [0.1, 0.15) is 6.92 Å². The molecule has 2 rings (SSSR count). The Hall–Kier alpha value is -0.870. The number of ether oxygens (including phenoxy) is 1. The number of amides is 1. The minimum atomic E-state index is -0.0338. The molecule has 14 heavy (non-hydrogen) atoms. The van der Waals surface area contributed by atoms with Gasteiger partial charge < -0.3 is 15.2 Å². The molecule has 0 saturated carbocycles. The molecule has 1 fully saturated rings. The van der Waals surface area contributed by atoms with Gasteiger partial charge in [0.05, 0.1) is 12.2 Å². The third-order valence-corrected chi connectivity index (χ3v) is 3.00. The Labute approximate surface area is 82.9 Å². The second-order valence-electron chi connectivity index (χ2n) is 3.90. The largest absolute Gasteiger partial charge is 0.396 e. The van der Waals surface area contributed by atoms with Crippen molar-refractivity contribution in [2.45, 2.75) is 19.1 Å². The topological polar surface area (TPSA) is 58.6 Å². The highest BCUT2D eigenvalue weighted by Crippen LogP contribution is 2.38. The van der Waals surface area contributed by atoms with Crippen LogP contribution in [0.4, 0.5) is 0 Å². The first-order chi connectivity index (χ1) is 6.72. The van der Waals surface area contributed by atoms with E-state index in [0.717, 1.165) is 0 Å². The van der Waals surface area contributed by atoms with Crippen LogP contribution < -0.4 is 5.32 Å². The van der Waals surface area contributed by atoms with Crippen molar-refractivity contribution < 1.29 is 14.6 Å². The maximum atomic E-state index is 10.8. The van der Waals surface area contributed by atoms with Gasteiger partial charge in [-0.15, -0.1) is 0 Å². The van der Waals surface area contributed by atoms with Crippen LogP contribution in [0.15, 0.2) is 12.2 Å². The fourth-order valence-corrected chi connectivity index (χ4v) is 2.23. The first-order valence-electron chi connectivity index (χ1n) is 4.91. The first-order valence-corrected chi connectivity index (χ1v) is 4.91. The van der Waals surface area contributed by atoms with Crippen molar-refractivity contribution >= 4 is 5.91 Å². The molecule has 4 atom stereocenters. The minimum absolute atomic E-state index is 0.0338. The van der Waals surface area contributed by atoms with Crippen molar-refractivity contribution in [2.24, 2.45) is 11.8 Å². The molecule has 2 N–H and O–H groups in total. The number of hydrogen-bond acceptors (Lipinski definition) is 3. The highest BCUT2D eigenvalue weighted by molar-refractivity contribution is 5.72. The van der Waals surface area contributed by atoms with E-state index in [0.29, 0.717) is 6.54 Å². The van der Waals surface area contributed by atoms with E-state index in [-0.39, 0.29) is 36.6 Å². The predicted molar refractivity (Wildman–Crippen MR) is 50.6 cm³/mol. The van der Waals surface area contributed by atoms with E-state index in [9.17, 15) is 9.90 Å². The first kappa shape index (κ1) is 9.68. The van der Waals surface area contributed by atoms with E-state index >= 15 is 0 Å². The van der Waals surface area contributed by atoms with Gasteiger partial charge in [0.25, 0.3) is 0 Å². The van der Waals surface area contributed by atoms with Gasteiger partial charge in [-0.1, -0.05) is 12.2 Å². The molecule has 4 nitrogen and oxygen atoms in total. The van der Waals surface area contributed by atoms with Crippen LogP contribution in [0.5, 0.6) is 0 Å². The second kappa shape index (κ2) is 3.71. The summed E-state index contributed by atoms with van der Waals surface area (Å²) in [6, 6.07) is 0. The Morgan fingerprint density at radius 3 is 2.64 bits per heavy atom. The van der Waals surface area contributed by atoms with Crippen LogP contribution in [0.2, 0.25) is 0 Å². The van der Waals surface area contributed by atoms with Gasteiger partial charge in [0, 0.05) is 31.9 Å². The van der Waals surface area contributed by atoms with Gasteiger partial charge in [0.1, 0.15) is 0 Å². The van der Waals surface area contributed by atoms with Crippen molar-refractivity contribution in [2.75, 3.05) is 13.2 Å². The van der Waals surface area contributed by atoms with Crippen LogP contribution in [0.3, 0.4) is 0 Å². The number of hydrogen-bond donors (Lipinski definition) is 2. The van der Waals surface area contributed by atoms with E-state index < -0.39 is 0 Å². The molecule has 2 heterocycles. The van der Waals surface area contributed by atoms with E-state index in [1.807, 2.05) is 12.2 Å². The molecule has 1 saturated heterocycles. The molecule has 2 aliphatic heterocycles. The summed E-state index contributed by atoms with van der Waals surface area (Å²) < 4.78 is 5.60.